The molecular formula is C11H16O3S. The van der Waals surface area contributed by atoms with Gasteiger partial charge in [0.25, 0.3) is 0 Å². The van der Waals surface area contributed by atoms with E-state index in [1.165, 1.54) is 0 Å². The fraction of sp³-hybridized carbons (Fsp3) is 0.455. The van der Waals surface area contributed by atoms with Gasteiger partial charge in [-0.1, -0.05) is 31.2 Å². The molecule has 0 fully saturated rings. The van der Waals surface area contributed by atoms with E-state index in [0.29, 0.717) is 5.56 Å². The van der Waals surface area contributed by atoms with Crippen LogP contribution >= 0.6 is 0 Å². The van der Waals surface area contributed by atoms with Gasteiger partial charge in [-0.2, -0.15) is 0 Å². The molecule has 0 aliphatic heterocycles. The standard InChI is InChI=1S/C11H16O3S/c1-3-15(13,14)8-11(12)10-7-5-4-6-9(10)2/h4-7,11-12H,3,8H2,1-2H3/t11-/m0/s1. The smallest absolute Gasteiger partial charge is 0.152 e. The number of benzene rings is 1. The van der Waals surface area contributed by atoms with Crippen LogP contribution in [0.15, 0.2) is 24.3 Å². The Kier molecular flexibility index (Phi) is 3.88. The molecule has 4 heteroatoms. The van der Waals surface area contributed by atoms with Gasteiger partial charge >= 0.3 is 0 Å². The summed E-state index contributed by atoms with van der Waals surface area (Å²) in [4.78, 5) is 0. The first-order chi connectivity index (χ1) is 6.96. The minimum atomic E-state index is -3.13. The maximum Gasteiger partial charge on any atom is 0.152 e. The lowest BCUT2D eigenvalue weighted by Gasteiger charge is -2.13. The highest BCUT2D eigenvalue weighted by molar-refractivity contribution is 7.91. The third-order valence-corrected chi connectivity index (χ3v) is 4.10. The molecule has 0 amide bonds. The van der Waals surface area contributed by atoms with Crippen molar-refractivity contribution in [3.8, 4) is 0 Å². The molecule has 0 unspecified atom stereocenters. The summed E-state index contributed by atoms with van der Waals surface area (Å²) in [7, 11) is -3.13. The number of aliphatic hydroxyl groups excluding tert-OH is 1. The molecule has 0 saturated carbocycles. The molecule has 1 aromatic carbocycles. The maximum atomic E-state index is 11.3. The molecule has 0 heterocycles. The van der Waals surface area contributed by atoms with Crippen molar-refractivity contribution in [1.29, 1.82) is 0 Å². The Morgan fingerprint density at radius 2 is 1.93 bits per heavy atom. The average Bonchev–Trinajstić information content (AvgIpc) is 2.17. The highest BCUT2D eigenvalue weighted by Crippen LogP contribution is 2.18. The predicted molar refractivity (Wildman–Crippen MR) is 60.5 cm³/mol. The van der Waals surface area contributed by atoms with Crippen molar-refractivity contribution in [2.45, 2.75) is 20.0 Å². The van der Waals surface area contributed by atoms with Crippen LogP contribution in [0.5, 0.6) is 0 Å². The van der Waals surface area contributed by atoms with Crippen molar-refractivity contribution in [2.75, 3.05) is 11.5 Å². The molecule has 0 bridgehead atoms. The lowest BCUT2D eigenvalue weighted by molar-refractivity contribution is 0.201. The van der Waals surface area contributed by atoms with E-state index >= 15 is 0 Å². The highest BCUT2D eigenvalue weighted by atomic mass is 32.2. The Hall–Kier alpha value is -0.870. The zero-order valence-corrected chi connectivity index (χ0v) is 9.79. The van der Waals surface area contributed by atoms with Crippen LogP contribution in [0.2, 0.25) is 0 Å². The molecule has 0 spiro atoms. The summed E-state index contributed by atoms with van der Waals surface area (Å²) in [5.41, 5.74) is 1.60. The van der Waals surface area contributed by atoms with E-state index in [2.05, 4.69) is 0 Å². The van der Waals surface area contributed by atoms with Gasteiger partial charge in [-0.25, -0.2) is 8.42 Å². The summed E-state index contributed by atoms with van der Waals surface area (Å²) < 4.78 is 22.7. The molecular weight excluding hydrogens is 212 g/mol. The van der Waals surface area contributed by atoms with Crippen molar-refractivity contribution >= 4 is 9.84 Å². The Morgan fingerprint density at radius 3 is 2.47 bits per heavy atom. The van der Waals surface area contributed by atoms with Gasteiger partial charge in [-0.3, -0.25) is 0 Å². The zero-order valence-electron chi connectivity index (χ0n) is 8.97. The fourth-order valence-electron chi connectivity index (χ4n) is 1.41. The predicted octanol–water partition coefficient (Wildman–Crippen LogP) is 1.46. The number of aryl methyl sites for hydroxylation is 1. The van der Waals surface area contributed by atoms with Gasteiger partial charge in [0.05, 0.1) is 11.9 Å². The Balaban J connectivity index is 2.87. The number of aliphatic hydroxyl groups is 1. The van der Waals surface area contributed by atoms with Gasteiger partial charge in [-0.05, 0) is 18.1 Å². The van der Waals surface area contributed by atoms with Gasteiger partial charge < -0.3 is 5.11 Å². The van der Waals surface area contributed by atoms with E-state index in [9.17, 15) is 13.5 Å². The SMILES string of the molecule is CCS(=O)(=O)C[C@H](O)c1ccccc1C. The highest BCUT2D eigenvalue weighted by Gasteiger charge is 2.17. The van der Waals surface area contributed by atoms with E-state index in [4.69, 9.17) is 0 Å². The molecule has 0 radical (unpaired) electrons. The zero-order chi connectivity index (χ0) is 11.5. The lowest BCUT2D eigenvalue weighted by Crippen LogP contribution is -2.16. The normalized spacial score (nSPS) is 13.8. The number of hydrogen-bond acceptors (Lipinski definition) is 3. The Morgan fingerprint density at radius 1 is 1.33 bits per heavy atom. The average molecular weight is 228 g/mol. The molecule has 0 aliphatic carbocycles. The third kappa shape index (κ3) is 3.32. The van der Waals surface area contributed by atoms with Gasteiger partial charge in [0.2, 0.25) is 0 Å². The van der Waals surface area contributed by atoms with Crippen LogP contribution in [0.25, 0.3) is 0 Å². The second-order valence-corrected chi connectivity index (χ2v) is 5.97. The van der Waals surface area contributed by atoms with E-state index in [1.54, 1.807) is 19.1 Å². The van der Waals surface area contributed by atoms with Crippen molar-refractivity contribution in [3.05, 3.63) is 35.4 Å². The van der Waals surface area contributed by atoms with Crippen LogP contribution in [0.4, 0.5) is 0 Å². The molecule has 1 aromatic rings. The van der Waals surface area contributed by atoms with Crippen molar-refractivity contribution < 1.29 is 13.5 Å². The minimum absolute atomic E-state index is 0.0654. The van der Waals surface area contributed by atoms with Crippen LogP contribution in [0.3, 0.4) is 0 Å². The Bertz CT molecular complexity index is 423. The molecule has 1 atom stereocenters. The van der Waals surface area contributed by atoms with E-state index < -0.39 is 15.9 Å². The third-order valence-electron chi connectivity index (χ3n) is 2.40. The molecule has 3 nitrogen and oxygen atoms in total. The van der Waals surface area contributed by atoms with Crippen molar-refractivity contribution in [1.82, 2.24) is 0 Å². The summed E-state index contributed by atoms with van der Waals surface area (Å²) >= 11 is 0. The molecule has 84 valence electrons. The quantitative estimate of drug-likeness (QED) is 0.849. The van der Waals surface area contributed by atoms with Crippen LogP contribution < -0.4 is 0 Å². The first-order valence-electron chi connectivity index (χ1n) is 4.90. The van der Waals surface area contributed by atoms with Gasteiger partial charge in [-0.15, -0.1) is 0 Å². The first kappa shape index (κ1) is 12.2. The largest absolute Gasteiger partial charge is 0.387 e. The molecule has 0 saturated heterocycles. The van der Waals surface area contributed by atoms with E-state index in [1.807, 2.05) is 19.1 Å². The summed E-state index contributed by atoms with van der Waals surface area (Å²) in [6.07, 6.45) is -0.920. The second kappa shape index (κ2) is 4.77. The summed E-state index contributed by atoms with van der Waals surface area (Å²) in [5.74, 6) is -0.135. The summed E-state index contributed by atoms with van der Waals surface area (Å²) in [6.45, 7) is 3.44. The van der Waals surface area contributed by atoms with Crippen LogP contribution in [0, 0.1) is 6.92 Å². The number of sulfone groups is 1. The van der Waals surface area contributed by atoms with Gasteiger partial charge in [0.1, 0.15) is 0 Å². The second-order valence-electron chi connectivity index (χ2n) is 3.57. The molecule has 1 N–H and O–H groups in total. The molecule has 15 heavy (non-hydrogen) atoms. The fourth-order valence-corrected chi connectivity index (χ4v) is 2.31. The summed E-state index contributed by atoms with van der Waals surface area (Å²) in [6, 6.07) is 7.27. The van der Waals surface area contributed by atoms with Crippen molar-refractivity contribution in [3.63, 3.8) is 0 Å². The lowest BCUT2D eigenvalue weighted by atomic mass is 10.1. The topological polar surface area (TPSA) is 54.4 Å². The van der Waals surface area contributed by atoms with Gasteiger partial charge in [0.15, 0.2) is 9.84 Å². The monoisotopic (exact) mass is 228 g/mol. The van der Waals surface area contributed by atoms with Gasteiger partial charge in [0, 0.05) is 5.75 Å². The van der Waals surface area contributed by atoms with Crippen molar-refractivity contribution in [2.24, 2.45) is 0 Å². The van der Waals surface area contributed by atoms with E-state index in [0.717, 1.165) is 5.56 Å². The molecule has 0 aliphatic rings. The first-order valence-corrected chi connectivity index (χ1v) is 6.72. The Labute approximate surface area is 90.7 Å². The van der Waals surface area contributed by atoms with Crippen LogP contribution in [0.1, 0.15) is 24.2 Å². The van der Waals surface area contributed by atoms with Crippen LogP contribution in [-0.2, 0) is 9.84 Å². The molecule has 0 aromatic heterocycles. The molecule has 1 rings (SSSR count). The minimum Gasteiger partial charge on any atom is -0.387 e. The number of hydrogen-bond donors (Lipinski definition) is 1. The maximum absolute atomic E-state index is 11.3. The van der Waals surface area contributed by atoms with E-state index in [-0.39, 0.29) is 11.5 Å². The number of rotatable bonds is 4. The summed E-state index contributed by atoms with van der Waals surface area (Å²) in [5, 5.41) is 9.79. The van der Waals surface area contributed by atoms with Crippen LogP contribution in [-0.4, -0.2) is 25.0 Å².